The molecule has 3 aromatic rings. The summed E-state index contributed by atoms with van der Waals surface area (Å²) in [6, 6.07) is 19.2. The highest BCUT2D eigenvalue weighted by atomic mass is 35.5. The monoisotopic (exact) mass is 754 g/mol. The number of amides is 3. The first kappa shape index (κ1) is 38.2. The average Bonchev–Trinajstić information content (AvgIpc) is 3.53. The van der Waals surface area contributed by atoms with Crippen molar-refractivity contribution in [3.8, 4) is 17.6 Å². The molecule has 14 heteroatoms. The van der Waals surface area contributed by atoms with Gasteiger partial charge in [-0.1, -0.05) is 47.5 Å². The third-order valence-corrected chi connectivity index (χ3v) is 9.61. The Hall–Kier alpha value is -4.05. The molecule has 2 saturated heterocycles. The molecule has 3 heterocycles. The summed E-state index contributed by atoms with van der Waals surface area (Å²) in [5.74, 6) is 1.26. The Morgan fingerprint density at radius 1 is 0.843 bits per heavy atom. The Morgan fingerprint density at radius 3 is 2.02 bits per heavy atom. The fraction of sp³-hybridized carbons (Fsp3) is 0.405. The van der Waals surface area contributed by atoms with Crippen molar-refractivity contribution in [2.75, 3.05) is 72.2 Å². The number of rotatable bonds is 9. The molecule has 0 bridgehead atoms. The van der Waals surface area contributed by atoms with Crippen LogP contribution in [0, 0.1) is 11.3 Å². The number of ether oxygens (including phenoxy) is 3. The van der Waals surface area contributed by atoms with Gasteiger partial charge in [0.1, 0.15) is 29.4 Å². The average molecular weight is 756 g/mol. The molecule has 3 aliphatic heterocycles. The van der Waals surface area contributed by atoms with Gasteiger partial charge >= 0.3 is 6.03 Å². The molecule has 0 radical (unpaired) electrons. The number of nitrogens with zero attached hydrogens (tertiary/aromatic N) is 6. The number of urea groups is 1. The molecule has 3 aromatic carbocycles. The Kier molecular flexibility index (Phi) is 13.1. The van der Waals surface area contributed by atoms with E-state index in [0.717, 1.165) is 11.1 Å². The fourth-order valence-electron chi connectivity index (χ4n) is 6.58. The lowest BCUT2D eigenvalue weighted by Gasteiger charge is -2.39. The first-order valence-corrected chi connectivity index (χ1v) is 17.7. The molecule has 6 rings (SSSR count). The molecule has 0 spiro atoms. The Labute approximate surface area is 314 Å². The van der Waals surface area contributed by atoms with Gasteiger partial charge in [-0.05, 0) is 55.3 Å². The lowest BCUT2D eigenvalue weighted by Crippen LogP contribution is -2.56. The van der Waals surface area contributed by atoms with Crippen LogP contribution < -0.4 is 9.47 Å². The second kappa shape index (κ2) is 17.4. The summed E-state index contributed by atoms with van der Waals surface area (Å²) in [6.07, 6.45) is 0. The van der Waals surface area contributed by atoms with Crippen LogP contribution in [0.3, 0.4) is 0 Å². The third-order valence-electron chi connectivity index (χ3n) is 9.10. The molecule has 51 heavy (non-hydrogen) atoms. The van der Waals surface area contributed by atoms with E-state index in [4.69, 9.17) is 42.4 Å². The number of morpholine rings is 1. The highest BCUT2D eigenvalue weighted by molar-refractivity contribution is 6.30. The van der Waals surface area contributed by atoms with Gasteiger partial charge in [0, 0.05) is 55.4 Å². The predicted molar refractivity (Wildman–Crippen MR) is 198 cm³/mol. The van der Waals surface area contributed by atoms with Gasteiger partial charge in [0.25, 0.3) is 0 Å². The van der Waals surface area contributed by atoms with E-state index >= 15 is 0 Å². The van der Waals surface area contributed by atoms with E-state index < -0.39 is 12.1 Å². The molecule has 0 saturated carbocycles. The molecule has 0 aromatic heterocycles. The number of carbonyl (C=O) groups excluding carboxylic acids is 2. The number of amidine groups is 1. The molecule has 2 atom stereocenters. The summed E-state index contributed by atoms with van der Waals surface area (Å²) in [5, 5.41) is 11.1. The minimum atomic E-state index is -0.558. The van der Waals surface area contributed by atoms with Crippen molar-refractivity contribution in [3.05, 3.63) is 93.0 Å². The zero-order chi connectivity index (χ0) is 35.2. The normalized spacial score (nSPS) is 19.2. The SMILES string of the molecule is CCOc1cc(C2=N[C@@H](c3ccc(Cl)cc3)[C@@H](c3ccc(Cl)cc3)N2C(=O)N2CCN(CC(=O)N3CCOCC3)CC2)c(OCC)cc1C#N.Cl. The lowest BCUT2D eigenvalue weighted by molar-refractivity contribution is -0.136. The summed E-state index contributed by atoms with van der Waals surface area (Å²) in [4.78, 5) is 40.7. The Morgan fingerprint density at radius 2 is 1.43 bits per heavy atom. The van der Waals surface area contributed by atoms with Gasteiger partial charge in [-0.15, -0.1) is 12.4 Å². The summed E-state index contributed by atoms with van der Waals surface area (Å²) < 4.78 is 17.4. The quantitative estimate of drug-likeness (QED) is 0.255. The number of benzene rings is 3. The van der Waals surface area contributed by atoms with Crippen LogP contribution in [0.5, 0.6) is 11.5 Å². The van der Waals surface area contributed by atoms with Crippen LogP contribution in [0.2, 0.25) is 10.0 Å². The highest BCUT2D eigenvalue weighted by Crippen LogP contribution is 2.46. The zero-order valence-corrected chi connectivity index (χ0v) is 30.9. The van der Waals surface area contributed by atoms with Gasteiger partial charge in [0.05, 0.1) is 50.1 Å². The number of halogens is 3. The zero-order valence-electron chi connectivity index (χ0n) is 28.6. The largest absolute Gasteiger partial charge is 0.493 e. The van der Waals surface area contributed by atoms with E-state index in [2.05, 4.69) is 11.0 Å². The molecular weight excluding hydrogens is 715 g/mol. The standard InChI is InChI=1S/C37H40Cl2N6O5.ClH/c1-3-49-31-22-30(32(50-4-2)21-27(31)23-40)36-41-34(25-5-9-28(38)10-6-25)35(26-7-11-29(39)12-8-26)45(36)37(47)44-15-13-42(14-16-44)24-33(46)43-17-19-48-20-18-43;/h5-12,21-22,34-35H,3-4,13-20,24H2,1-2H3;1H/t34-,35+;/m0./s1. The minimum absolute atomic E-state index is 0. The Bertz CT molecular complexity index is 1750. The van der Waals surface area contributed by atoms with Crippen molar-refractivity contribution < 1.29 is 23.8 Å². The van der Waals surface area contributed by atoms with Gasteiger partial charge in [0.2, 0.25) is 5.91 Å². The van der Waals surface area contributed by atoms with Crippen molar-refractivity contribution in [1.29, 1.82) is 5.26 Å². The molecule has 11 nitrogen and oxygen atoms in total. The number of hydrogen-bond acceptors (Lipinski definition) is 8. The second-order valence-electron chi connectivity index (χ2n) is 12.2. The molecule has 2 fully saturated rings. The lowest BCUT2D eigenvalue weighted by atomic mass is 9.93. The van der Waals surface area contributed by atoms with Gasteiger partial charge < -0.3 is 24.0 Å². The molecule has 0 aliphatic carbocycles. The molecule has 0 unspecified atom stereocenters. The van der Waals surface area contributed by atoms with Crippen LogP contribution in [-0.4, -0.2) is 110 Å². The van der Waals surface area contributed by atoms with Crippen molar-refractivity contribution in [3.63, 3.8) is 0 Å². The maximum atomic E-state index is 14.9. The van der Waals surface area contributed by atoms with E-state index in [1.807, 2.05) is 60.0 Å². The van der Waals surface area contributed by atoms with Crippen LogP contribution in [-0.2, 0) is 9.53 Å². The van der Waals surface area contributed by atoms with Crippen molar-refractivity contribution in [1.82, 2.24) is 19.6 Å². The van der Waals surface area contributed by atoms with Crippen LogP contribution in [0.4, 0.5) is 4.79 Å². The summed E-state index contributed by atoms with van der Waals surface area (Å²) in [7, 11) is 0. The van der Waals surface area contributed by atoms with E-state index in [1.54, 1.807) is 29.2 Å². The molecule has 3 aliphatic rings. The molecular formula is C37H41Cl3N6O5. The summed E-state index contributed by atoms with van der Waals surface area (Å²) >= 11 is 12.6. The fourth-order valence-corrected chi connectivity index (χ4v) is 6.83. The molecule has 270 valence electrons. The van der Waals surface area contributed by atoms with Crippen molar-refractivity contribution in [2.24, 2.45) is 4.99 Å². The van der Waals surface area contributed by atoms with Crippen LogP contribution in [0.15, 0.2) is 65.7 Å². The number of carbonyl (C=O) groups is 2. The third kappa shape index (κ3) is 8.54. The summed E-state index contributed by atoms with van der Waals surface area (Å²) in [5.41, 5.74) is 2.56. The first-order chi connectivity index (χ1) is 24.3. The number of nitriles is 1. The molecule has 3 amide bonds. The molecule has 0 N–H and O–H groups in total. The van der Waals surface area contributed by atoms with Crippen LogP contribution >= 0.6 is 35.6 Å². The Balaban J connectivity index is 0.00000504. The minimum Gasteiger partial charge on any atom is -0.493 e. The smallest absolute Gasteiger partial charge is 0.326 e. The number of piperazine rings is 1. The van der Waals surface area contributed by atoms with E-state index in [0.29, 0.717) is 111 Å². The van der Waals surface area contributed by atoms with Gasteiger partial charge in [-0.2, -0.15) is 5.26 Å². The maximum absolute atomic E-state index is 14.9. The van der Waals surface area contributed by atoms with Crippen molar-refractivity contribution >= 4 is 53.4 Å². The van der Waals surface area contributed by atoms with Gasteiger partial charge in [-0.3, -0.25) is 19.6 Å². The number of aliphatic imine (C=N–C) groups is 1. The maximum Gasteiger partial charge on any atom is 0.326 e. The highest BCUT2D eigenvalue weighted by Gasteiger charge is 2.45. The van der Waals surface area contributed by atoms with E-state index in [-0.39, 0.29) is 24.3 Å². The van der Waals surface area contributed by atoms with Crippen LogP contribution in [0.25, 0.3) is 0 Å². The number of hydrogen-bond donors (Lipinski definition) is 0. The van der Waals surface area contributed by atoms with E-state index in [1.165, 1.54) is 0 Å². The van der Waals surface area contributed by atoms with Crippen molar-refractivity contribution in [2.45, 2.75) is 25.9 Å². The van der Waals surface area contributed by atoms with Crippen LogP contribution in [0.1, 0.15) is 48.2 Å². The summed E-state index contributed by atoms with van der Waals surface area (Å²) in [6.45, 7) is 8.92. The topological polar surface area (TPSA) is 111 Å². The van der Waals surface area contributed by atoms with Gasteiger partial charge in [-0.25, -0.2) is 4.79 Å². The van der Waals surface area contributed by atoms with E-state index in [9.17, 15) is 14.9 Å². The predicted octanol–water partition coefficient (Wildman–Crippen LogP) is 6.23. The first-order valence-electron chi connectivity index (χ1n) is 16.9. The second-order valence-corrected chi connectivity index (χ2v) is 13.0. The van der Waals surface area contributed by atoms with Gasteiger partial charge in [0.15, 0.2) is 0 Å².